The Morgan fingerprint density at radius 1 is 1.10 bits per heavy atom. The molecule has 6 heteroatoms. The molecule has 5 rings (SSSR count). The van der Waals surface area contributed by atoms with Gasteiger partial charge >= 0.3 is 0 Å². The summed E-state index contributed by atoms with van der Waals surface area (Å²) >= 11 is 0. The highest BCUT2D eigenvalue weighted by molar-refractivity contribution is 6.05. The number of fused-ring (bicyclic) bond motifs is 4. The molecule has 1 aliphatic heterocycles. The van der Waals surface area contributed by atoms with Gasteiger partial charge in [-0.15, -0.1) is 0 Å². The van der Waals surface area contributed by atoms with Crippen LogP contribution in [0.5, 0.6) is 0 Å². The van der Waals surface area contributed by atoms with Gasteiger partial charge in [0.15, 0.2) is 5.82 Å². The number of aromatic nitrogens is 3. The molecule has 3 aliphatic rings. The highest BCUT2D eigenvalue weighted by Crippen LogP contribution is 2.52. The largest absolute Gasteiger partial charge is 0.273 e. The van der Waals surface area contributed by atoms with E-state index in [1.165, 1.54) is 37.8 Å². The van der Waals surface area contributed by atoms with Crippen molar-refractivity contribution in [2.24, 2.45) is 5.92 Å². The first-order chi connectivity index (χ1) is 14.1. The van der Waals surface area contributed by atoms with Gasteiger partial charge in [-0.3, -0.25) is 9.69 Å². The van der Waals surface area contributed by atoms with Gasteiger partial charge in [0.2, 0.25) is 5.95 Å². The molecular formula is C23H29FN4O. The Labute approximate surface area is 171 Å². The molecule has 2 atom stereocenters. The van der Waals surface area contributed by atoms with Crippen molar-refractivity contribution in [3.8, 4) is 0 Å². The summed E-state index contributed by atoms with van der Waals surface area (Å²) in [5.41, 5.74) is 0.515. The number of hydrogen-bond acceptors (Lipinski definition) is 3. The molecule has 29 heavy (non-hydrogen) atoms. The zero-order valence-electron chi connectivity index (χ0n) is 17.1. The third-order valence-corrected chi connectivity index (χ3v) is 7.37. The highest BCUT2D eigenvalue weighted by atomic mass is 19.1. The molecule has 0 bridgehead atoms. The fourth-order valence-corrected chi connectivity index (χ4v) is 6.02. The van der Waals surface area contributed by atoms with Crippen LogP contribution in [0.15, 0.2) is 24.3 Å². The number of aryl methyl sites for hydroxylation is 1. The molecule has 2 saturated carbocycles. The molecule has 2 aliphatic carbocycles. The molecule has 0 radical (unpaired) electrons. The first-order valence-electron chi connectivity index (χ1n) is 11.2. The fraction of sp³-hybridized carbons (Fsp3) is 0.609. The Hall–Kier alpha value is -2.24. The van der Waals surface area contributed by atoms with E-state index in [1.807, 2.05) is 4.90 Å². The molecule has 1 aromatic heterocycles. The summed E-state index contributed by atoms with van der Waals surface area (Å²) in [4.78, 5) is 20.4. The first kappa shape index (κ1) is 18.8. The number of nitrogens with zero attached hydrogens (tertiary/aromatic N) is 4. The Kier molecular flexibility index (Phi) is 4.67. The van der Waals surface area contributed by atoms with Crippen molar-refractivity contribution in [3.05, 3.63) is 41.5 Å². The molecule has 2 aromatic rings. The van der Waals surface area contributed by atoms with Crippen molar-refractivity contribution < 1.29 is 9.18 Å². The number of anilines is 1. The van der Waals surface area contributed by atoms with Crippen molar-refractivity contribution >= 4 is 11.9 Å². The molecular weight excluding hydrogens is 367 g/mol. The topological polar surface area (TPSA) is 51.0 Å². The summed E-state index contributed by atoms with van der Waals surface area (Å²) in [6.07, 6.45) is 11.2. The second-order valence-corrected chi connectivity index (χ2v) is 8.90. The van der Waals surface area contributed by atoms with Gasteiger partial charge < -0.3 is 0 Å². The maximum Gasteiger partial charge on any atom is 0.260 e. The molecule has 2 fully saturated rings. The molecule has 0 N–H and O–H groups in total. The fourth-order valence-electron chi connectivity index (χ4n) is 6.02. The second kappa shape index (κ2) is 7.22. The molecule has 2 unspecified atom stereocenters. The average molecular weight is 397 g/mol. The van der Waals surface area contributed by atoms with E-state index in [4.69, 9.17) is 10.1 Å². The quantitative estimate of drug-likeness (QED) is 0.728. The third-order valence-electron chi connectivity index (χ3n) is 7.37. The summed E-state index contributed by atoms with van der Waals surface area (Å²) in [6, 6.07) is 6.05. The van der Waals surface area contributed by atoms with E-state index in [0.717, 1.165) is 44.3 Å². The number of carbonyl (C=O) groups excluding carboxylic acids is 1. The van der Waals surface area contributed by atoms with Gasteiger partial charge in [0.05, 0.1) is 5.54 Å². The number of halogens is 1. The van der Waals surface area contributed by atoms with E-state index in [1.54, 1.807) is 12.1 Å². The zero-order chi connectivity index (χ0) is 20.0. The molecule has 154 valence electrons. The number of rotatable bonds is 2. The maximum atomic E-state index is 13.6. The molecule has 1 spiro atoms. The van der Waals surface area contributed by atoms with Crippen molar-refractivity contribution in [1.29, 1.82) is 0 Å². The Bertz CT molecular complexity index is 900. The van der Waals surface area contributed by atoms with Crippen LogP contribution in [0.3, 0.4) is 0 Å². The molecule has 5 nitrogen and oxygen atoms in total. The van der Waals surface area contributed by atoms with Crippen molar-refractivity contribution in [3.63, 3.8) is 0 Å². The van der Waals surface area contributed by atoms with E-state index in [2.05, 4.69) is 11.6 Å². The summed E-state index contributed by atoms with van der Waals surface area (Å²) in [7, 11) is 0. The lowest BCUT2D eigenvalue weighted by Crippen LogP contribution is -2.61. The molecule has 2 heterocycles. The van der Waals surface area contributed by atoms with Crippen molar-refractivity contribution in [2.75, 3.05) is 4.90 Å². The monoisotopic (exact) mass is 396 g/mol. The van der Waals surface area contributed by atoms with Gasteiger partial charge in [0.25, 0.3) is 5.91 Å². The van der Waals surface area contributed by atoms with E-state index >= 15 is 0 Å². The van der Waals surface area contributed by atoms with Gasteiger partial charge in [0.1, 0.15) is 5.82 Å². The van der Waals surface area contributed by atoms with E-state index in [-0.39, 0.29) is 23.3 Å². The van der Waals surface area contributed by atoms with Crippen LogP contribution in [0.4, 0.5) is 10.3 Å². The highest BCUT2D eigenvalue weighted by Gasteiger charge is 2.55. The predicted octanol–water partition coefficient (Wildman–Crippen LogP) is 4.86. The van der Waals surface area contributed by atoms with Crippen LogP contribution in [0.25, 0.3) is 0 Å². The van der Waals surface area contributed by atoms with Crippen LogP contribution in [0.1, 0.15) is 80.9 Å². The summed E-state index contributed by atoms with van der Waals surface area (Å²) < 4.78 is 15.6. The minimum atomic E-state index is -0.326. The lowest BCUT2D eigenvalue weighted by atomic mass is 9.64. The lowest BCUT2D eigenvalue weighted by molar-refractivity contribution is 0.0311. The van der Waals surface area contributed by atoms with Gasteiger partial charge in [-0.1, -0.05) is 39.0 Å². The summed E-state index contributed by atoms with van der Waals surface area (Å²) in [5, 5.41) is 4.93. The van der Waals surface area contributed by atoms with E-state index in [0.29, 0.717) is 17.4 Å². The van der Waals surface area contributed by atoms with Gasteiger partial charge in [-0.25, -0.2) is 9.07 Å². The molecule has 1 amide bonds. The third kappa shape index (κ3) is 2.90. The Morgan fingerprint density at radius 3 is 2.55 bits per heavy atom. The van der Waals surface area contributed by atoms with Crippen LogP contribution in [0, 0.1) is 11.7 Å². The van der Waals surface area contributed by atoms with Crippen LogP contribution in [-0.2, 0) is 12.0 Å². The normalized spacial score (nSPS) is 25.5. The Balaban J connectivity index is 1.66. The zero-order valence-corrected chi connectivity index (χ0v) is 17.1. The minimum Gasteiger partial charge on any atom is -0.273 e. The maximum absolute atomic E-state index is 13.6. The number of carbonyl (C=O) groups is 1. The number of benzene rings is 1. The smallest absolute Gasteiger partial charge is 0.260 e. The van der Waals surface area contributed by atoms with Crippen LogP contribution < -0.4 is 4.90 Å². The number of hydrogen-bond donors (Lipinski definition) is 0. The van der Waals surface area contributed by atoms with E-state index < -0.39 is 0 Å². The van der Waals surface area contributed by atoms with Crippen LogP contribution in [-0.4, -0.2) is 26.7 Å². The lowest BCUT2D eigenvalue weighted by Gasteiger charge is -2.55. The molecule has 0 saturated heterocycles. The predicted molar refractivity (Wildman–Crippen MR) is 109 cm³/mol. The minimum absolute atomic E-state index is 0.00132. The molecule has 1 aromatic carbocycles. The van der Waals surface area contributed by atoms with Crippen molar-refractivity contribution in [2.45, 2.75) is 82.7 Å². The second-order valence-electron chi connectivity index (χ2n) is 8.90. The first-order valence-corrected chi connectivity index (χ1v) is 11.2. The van der Waals surface area contributed by atoms with Gasteiger partial charge in [0, 0.05) is 23.9 Å². The van der Waals surface area contributed by atoms with Crippen LogP contribution >= 0.6 is 0 Å². The Morgan fingerprint density at radius 2 is 1.83 bits per heavy atom. The number of amides is 1. The average Bonchev–Trinajstić information content (AvgIpc) is 3.20. The van der Waals surface area contributed by atoms with Crippen molar-refractivity contribution in [1.82, 2.24) is 14.8 Å². The van der Waals surface area contributed by atoms with E-state index in [9.17, 15) is 9.18 Å². The van der Waals surface area contributed by atoms with Crippen LogP contribution in [0.2, 0.25) is 0 Å². The summed E-state index contributed by atoms with van der Waals surface area (Å²) in [6.45, 7) is 2.06. The summed E-state index contributed by atoms with van der Waals surface area (Å²) in [5.74, 6) is 1.53. The standard InChI is InChI=1S/C23H29FN4O/c1-2-20-25-22-27(21(29)16-10-12-17(24)13-11-16)19-9-5-4-8-18(19)23(28(22)26-20)14-6-3-7-15-23/h10-13,18-19H,2-9,14-15H2,1H3. The van der Waals surface area contributed by atoms with Gasteiger partial charge in [-0.2, -0.15) is 10.1 Å². The van der Waals surface area contributed by atoms with Gasteiger partial charge in [-0.05, 0) is 49.9 Å². The SMILES string of the molecule is CCc1nc2n(n1)C1(CCCCC1)C1CCCCC1N2C(=O)c1ccc(F)cc1.